The molecule has 0 spiro atoms. The number of pyridine rings is 1. The molecule has 2 fully saturated rings. The number of nitrogens with zero attached hydrogens (tertiary/aromatic N) is 5. The number of amides is 1. The van der Waals surface area contributed by atoms with Crippen LogP contribution in [0.2, 0.25) is 0 Å². The van der Waals surface area contributed by atoms with Crippen LogP contribution in [0.5, 0.6) is 0 Å². The molecule has 3 N–H and O–H groups in total. The van der Waals surface area contributed by atoms with E-state index >= 15 is 0 Å². The van der Waals surface area contributed by atoms with Crippen molar-refractivity contribution in [1.29, 1.82) is 0 Å². The standard InChI is InChI=1S/C39H37N7O7S/c1-38(2)51-33-31(20-25-12-9-10-18-29(25)39(53-54(40,48)49,27-14-5-3-6-15-27)28-16-7-4-8-17-28)50-37(34(33)52-38)46-24-45-32-30(43-23-44-35(32)46)22-42-36(47)26-13-11-19-41-21-26/h3-19,21,23-24,31,33-34,37H,20,22H2,1-2H3,(H,42,47)(H2,40,48,49)/t31-,33-,34-,37-/m1/s1. The second-order valence-corrected chi connectivity index (χ2v) is 14.7. The van der Waals surface area contributed by atoms with Crippen LogP contribution in [0.4, 0.5) is 0 Å². The summed E-state index contributed by atoms with van der Waals surface area (Å²) >= 11 is 0. The van der Waals surface area contributed by atoms with E-state index in [1.54, 1.807) is 29.2 Å². The van der Waals surface area contributed by atoms with Crippen molar-refractivity contribution in [2.24, 2.45) is 5.14 Å². The van der Waals surface area contributed by atoms with Gasteiger partial charge in [-0.2, -0.15) is 8.42 Å². The van der Waals surface area contributed by atoms with E-state index in [0.29, 0.717) is 39.1 Å². The monoisotopic (exact) mass is 747 g/mol. The molecule has 54 heavy (non-hydrogen) atoms. The third kappa shape index (κ3) is 6.77. The lowest BCUT2D eigenvalue weighted by Crippen LogP contribution is -2.39. The van der Waals surface area contributed by atoms with E-state index in [1.165, 1.54) is 12.5 Å². The van der Waals surface area contributed by atoms with Crippen LogP contribution in [0.3, 0.4) is 0 Å². The van der Waals surface area contributed by atoms with E-state index < -0.39 is 46.2 Å². The minimum atomic E-state index is -4.51. The molecular weight excluding hydrogens is 711 g/mol. The van der Waals surface area contributed by atoms with Gasteiger partial charge in [-0.25, -0.2) is 24.3 Å². The number of benzene rings is 3. The van der Waals surface area contributed by atoms with Gasteiger partial charge in [-0.15, -0.1) is 0 Å². The third-order valence-electron chi connectivity index (χ3n) is 9.59. The van der Waals surface area contributed by atoms with Crippen LogP contribution in [0.25, 0.3) is 11.2 Å². The Morgan fingerprint density at radius 3 is 2.28 bits per heavy atom. The van der Waals surface area contributed by atoms with Crippen LogP contribution in [0.1, 0.15) is 58.4 Å². The van der Waals surface area contributed by atoms with Crippen molar-refractivity contribution in [3.63, 3.8) is 0 Å². The van der Waals surface area contributed by atoms with E-state index in [9.17, 15) is 13.2 Å². The maximum Gasteiger partial charge on any atom is 0.334 e. The molecule has 3 aromatic carbocycles. The zero-order chi connectivity index (χ0) is 37.5. The minimum Gasteiger partial charge on any atom is -0.349 e. The highest BCUT2D eigenvalue weighted by Gasteiger charge is 2.56. The molecule has 15 heteroatoms. The Balaban J connectivity index is 1.15. The number of rotatable bonds is 11. The smallest absolute Gasteiger partial charge is 0.334 e. The van der Waals surface area contributed by atoms with Gasteiger partial charge < -0.3 is 19.5 Å². The summed E-state index contributed by atoms with van der Waals surface area (Å²) in [4.78, 5) is 30.3. The van der Waals surface area contributed by atoms with Crippen molar-refractivity contribution in [3.8, 4) is 0 Å². The van der Waals surface area contributed by atoms with Crippen LogP contribution in [-0.2, 0) is 47.3 Å². The first-order chi connectivity index (χ1) is 26.0. The Labute approximate surface area is 311 Å². The lowest BCUT2D eigenvalue weighted by molar-refractivity contribution is -0.196. The molecule has 0 radical (unpaired) electrons. The molecule has 2 saturated heterocycles. The summed E-state index contributed by atoms with van der Waals surface area (Å²) in [6, 6.07) is 29.1. The number of imidazole rings is 1. The molecule has 276 valence electrons. The first-order valence-corrected chi connectivity index (χ1v) is 18.8. The number of carbonyl (C=O) groups excluding carboxylic acids is 1. The molecule has 5 heterocycles. The molecule has 8 rings (SSSR count). The van der Waals surface area contributed by atoms with Gasteiger partial charge in [0.2, 0.25) is 0 Å². The lowest BCUT2D eigenvalue weighted by Gasteiger charge is -2.36. The van der Waals surface area contributed by atoms with E-state index in [1.807, 2.05) is 98.8 Å². The van der Waals surface area contributed by atoms with Crippen LogP contribution < -0.4 is 10.5 Å². The maximum atomic E-state index is 12.9. The van der Waals surface area contributed by atoms with Gasteiger partial charge in [0, 0.05) is 18.8 Å². The Morgan fingerprint density at radius 2 is 1.59 bits per heavy atom. The summed E-state index contributed by atoms with van der Waals surface area (Å²) < 4.78 is 53.4. The van der Waals surface area contributed by atoms with Gasteiger partial charge in [0.25, 0.3) is 5.91 Å². The Hall–Kier alpha value is -5.42. The Kier molecular flexibility index (Phi) is 9.29. The molecule has 2 aliphatic rings. The average molecular weight is 748 g/mol. The molecule has 6 aromatic rings. The maximum absolute atomic E-state index is 12.9. The van der Waals surface area contributed by atoms with Gasteiger partial charge in [0.1, 0.15) is 24.1 Å². The fourth-order valence-corrected chi connectivity index (χ4v) is 8.05. The predicted molar refractivity (Wildman–Crippen MR) is 196 cm³/mol. The van der Waals surface area contributed by atoms with Crippen molar-refractivity contribution >= 4 is 27.4 Å². The molecular formula is C39H37N7O7S. The zero-order valence-corrected chi connectivity index (χ0v) is 30.2. The normalized spacial score (nSPS) is 20.9. The first kappa shape index (κ1) is 35.6. The van der Waals surface area contributed by atoms with Gasteiger partial charge in [0.15, 0.2) is 23.3 Å². The minimum absolute atomic E-state index is 0.110. The SMILES string of the molecule is CC1(C)O[C@@H]2[C@H](O1)[C@@H](Cc1ccccc1C(OS(N)(=O)=O)(c1ccccc1)c1ccccc1)O[C@H]2n1cnc2c(CNC(=O)c3cccnc3)ncnc21. The third-order valence-corrected chi connectivity index (χ3v) is 10.1. The number of hydrogen-bond donors (Lipinski definition) is 2. The van der Waals surface area contributed by atoms with Crippen molar-refractivity contribution in [3.05, 3.63) is 156 Å². The van der Waals surface area contributed by atoms with E-state index in [-0.39, 0.29) is 18.9 Å². The number of aromatic nitrogens is 5. The second-order valence-electron chi connectivity index (χ2n) is 13.5. The lowest BCUT2D eigenvalue weighted by atomic mass is 9.77. The highest BCUT2D eigenvalue weighted by molar-refractivity contribution is 7.84. The van der Waals surface area contributed by atoms with Crippen molar-refractivity contribution in [2.75, 3.05) is 0 Å². The average Bonchev–Trinajstić information content (AvgIpc) is 3.85. The molecule has 4 atom stereocenters. The Bertz CT molecular complexity index is 2360. The van der Waals surface area contributed by atoms with Crippen molar-refractivity contribution in [1.82, 2.24) is 29.8 Å². The summed E-state index contributed by atoms with van der Waals surface area (Å²) in [5, 5.41) is 8.56. The van der Waals surface area contributed by atoms with Gasteiger partial charge in [0.05, 0.1) is 30.2 Å². The number of nitrogens with one attached hydrogen (secondary N) is 1. The number of nitrogens with two attached hydrogens (primary N) is 1. The molecule has 0 bridgehead atoms. The highest BCUT2D eigenvalue weighted by Crippen LogP contribution is 2.47. The van der Waals surface area contributed by atoms with Gasteiger partial charge in [-0.1, -0.05) is 84.9 Å². The van der Waals surface area contributed by atoms with Crippen molar-refractivity contribution < 1.29 is 31.6 Å². The van der Waals surface area contributed by atoms with E-state index in [0.717, 1.165) is 5.56 Å². The van der Waals surface area contributed by atoms with Gasteiger partial charge in [-0.3, -0.25) is 14.3 Å². The fourth-order valence-electron chi connectivity index (χ4n) is 7.42. The molecule has 2 aliphatic heterocycles. The highest BCUT2D eigenvalue weighted by atomic mass is 32.2. The van der Waals surface area contributed by atoms with Crippen molar-refractivity contribution in [2.45, 2.75) is 62.7 Å². The molecule has 0 aliphatic carbocycles. The quantitative estimate of drug-likeness (QED) is 0.180. The van der Waals surface area contributed by atoms with Gasteiger partial charge >= 0.3 is 10.3 Å². The van der Waals surface area contributed by atoms with E-state index in [4.69, 9.17) is 23.5 Å². The number of hydrogen-bond acceptors (Lipinski definition) is 11. The predicted octanol–water partition coefficient (Wildman–Crippen LogP) is 4.32. The number of carbonyl (C=O) groups is 1. The number of ether oxygens (including phenoxy) is 3. The fraction of sp³-hybridized carbons (Fsp3) is 0.256. The van der Waals surface area contributed by atoms with E-state index in [2.05, 4.69) is 25.3 Å². The summed E-state index contributed by atoms with van der Waals surface area (Å²) in [7, 11) is -4.51. The molecule has 3 aromatic heterocycles. The summed E-state index contributed by atoms with van der Waals surface area (Å²) in [5.74, 6) is -1.23. The topological polar surface area (TPSA) is 183 Å². The van der Waals surface area contributed by atoms with Crippen LogP contribution in [0, 0.1) is 0 Å². The summed E-state index contributed by atoms with van der Waals surface area (Å²) in [6.07, 6.45) is 4.04. The second kappa shape index (κ2) is 14.1. The van der Waals surface area contributed by atoms with Crippen LogP contribution >= 0.6 is 0 Å². The molecule has 1 amide bonds. The number of fused-ring (bicyclic) bond motifs is 2. The van der Waals surface area contributed by atoms with Crippen LogP contribution in [-0.4, -0.2) is 62.9 Å². The van der Waals surface area contributed by atoms with Gasteiger partial charge in [-0.05, 0) is 48.2 Å². The zero-order valence-electron chi connectivity index (χ0n) is 29.4. The summed E-state index contributed by atoms with van der Waals surface area (Å²) in [5.41, 5.74) is 2.73. The molecule has 14 nitrogen and oxygen atoms in total. The first-order valence-electron chi connectivity index (χ1n) is 17.3. The van der Waals surface area contributed by atoms with Crippen LogP contribution in [0.15, 0.2) is 122 Å². The summed E-state index contributed by atoms with van der Waals surface area (Å²) in [6.45, 7) is 3.80. The largest absolute Gasteiger partial charge is 0.349 e. The molecule has 0 saturated carbocycles. The molecule has 0 unspecified atom stereocenters. The Morgan fingerprint density at radius 1 is 0.907 bits per heavy atom.